The number of aryl methyl sites for hydroxylation is 1. The first-order valence-electron chi connectivity index (χ1n) is 13.5. The molecule has 0 aliphatic rings. The Balaban J connectivity index is 1.88. The Morgan fingerprint density at radius 3 is 2.11 bits per heavy atom. The van der Waals surface area contributed by atoms with Crippen molar-refractivity contribution in [1.82, 2.24) is 10.2 Å². The zero-order chi connectivity index (χ0) is 27.7. The summed E-state index contributed by atoms with van der Waals surface area (Å²) in [4.78, 5) is 29.0. The third-order valence-corrected chi connectivity index (χ3v) is 6.83. The van der Waals surface area contributed by atoms with Crippen LogP contribution >= 0.6 is 0 Å². The quantitative estimate of drug-likeness (QED) is 0.330. The molecular formula is C33H42N2O3. The summed E-state index contributed by atoms with van der Waals surface area (Å²) in [5.74, 6) is 0.245. The summed E-state index contributed by atoms with van der Waals surface area (Å²) in [6.45, 7) is 12.7. The molecule has 0 radical (unpaired) electrons. The van der Waals surface area contributed by atoms with Gasteiger partial charge < -0.3 is 15.0 Å². The molecule has 0 saturated carbocycles. The van der Waals surface area contributed by atoms with Crippen molar-refractivity contribution in [3.63, 3.8) is 0 Å². The van der Waals surface area contributed by atoms with Crippen LogP contribution in [-0.4, -0.2) is 35.4 Å². The van der Waals surface area contributed by atoms with Crippen molar-refractivity contribution in [3.8, 4) is 5.75 Å². The maximum atomic E-state index is 13.7. The summed E-state index contributed by atoms with van der Waals surface area (Å²) in [7, 11) is 0. The molecule has 3 aromatic carbocycles. The third kappa shape index (κ3) is 8.47. The Morgan fingerprint density at radius 2 is 1.53 bits per heavy atom. The summed E-state index contributed by atoms with van der Waals surface area (Å²) in [5, 5.41) is 3.10. The number of nitrogens with zero attached hydrogens (tertiary/aromatic N) is 1. The molecule has 202 valence electrons. The highest BCUT2D eigenvalue weighted by molar-refractivity contribution is 5.88. The molecule has 5 heteroatoms. The van der Waals surface area contributed by atoms with E-state index in [4.69, 9.17) is 4.74 Å². The molecule has 1 N–H and O–H groups in total. The van der Waals surface area contributed by atoms with E-state index in [1.165, 1.54) is 5.56 Å². The number of hydrogen-bond acceptors (Lipinski definition) is 3. The van der Waals surface area contributed by atoms with E-state index in [2.05, 4.69) is 26.1 Å². The fourth-order valence-corrected chi connectivity index (χ4v) is 4.16. The summed E-state index contributed by atoms with van der Waals surface area (Å²) in [5.41, 5.74) is 4.34. The van der Waals surface area contributed by atoms with Gasteiger partial charge in [-0.3, -0.25) is 9.59 Å². The molecular weight excluding hydrogens is 472 g/mol. The number of ether oxygens (including phenoxy) is 1. The van der Waals surface area contributed by atoms with Crippen LogP contribution in [0.3, 0.4) is 0 Å². The topological polar surface area (TPSA) is 58.6 Å². The van der Waals surface area contributed by atoms with Gasteiger partial charge in [0.2, 0.25) is 5.91 Å². The van der Waals surface area contributed by atoms with E-state index in [-0.39, 0.29) is 29.9 Å². The highest BCUT2D eigenvalue weighted by Crippen LogP contribution is 2.24. The van der Waals surface area contributed by atoms with Crippen LogP contribution in [0.1, 0.15) is 63.3 Å². The van der Waals surface area contributed by atoms with Crippen molar-refractivity contribution in [3.05, 3.63) is 101 Å². The minimum Gasteiger partial charge on any atom is -0.484 e. The van der Waals surface area contributed by atoms with Gasteiger partial charge in [0.05, 0.1) is 0 Å². The fraction of sp³-hybridized carbons (Fsp3) is 0.394. The van der Waals surface area contributed by atoms with Gasteiger partial charge >= 0.3 is 0 Å². The third-order valence-electron chi connectivity index (χ3n) is 6.83. The lowest BCUT2D eigenvalue weighted by Crippen LogP contribution is -2.53. The molecule has 0 aliphatic heterocycles. The first-order chi connectivity index (χ1) is 18.1. The van der Waals surface area contributed by atoms with Crippen molar-refractivity contribution in [2.24, 2.45) is 0 Å². The first-order valence-corrected chi connectivity index (χ1v) is 13.5. The predicted octanol–water partition coefficient (Wildman–Crippen LogP) is 6.23. The number of benzene rings is 3. The average Bonchev–Trinajstić information content (AvgIpc) is 2.90. The molecule has 0 bridgehead atoms. The molecule has 0 aromatic heterocycles. The molecule has 2 amide bonds. The van der Waals surface area contributed by atoms with Gasteiger partial charge in [-0.2, -0.15) is 0 Å². The number of carbonyl (C=O) groups is 2. The zero-order valence-electron chi connectivity index (χ0n) is 23.7. The zero-order valence-corrected chi connectivity index (χ0v) is 23.7. The van der Waals surface area contributed by atoms with Crippen molar-refractivity contribution in [1.29, 1.82) is 0 Å². The highest BCUT2D eigenvalue weighted by atomic mass is 16.5. The summed E-state index contributed by atoms with van der Waals surface area (Å²) in [6.07, 6.45) is 1.23. The highest BCUT2D eigenvalue weighted by Gasteiger charge is 2.31. The van der Waals surface area contributed by atoms with Gasteiger partial charge in [-0.25, -0.2) is 0 Å². The molecule has 0 heterocycles. The minimum absolute atomic E-state index is 0.00896. The van der Waals surface area contributed by atoms with Crippen molar-refractivity contribution < 1.29 is 14.3 Å². The van der Waals surface area contributed by atoms with Gasteiger partial charge in [0.15, 0.2) is 6.61 Å². The second-order valence-electron chi connectivity index (χ2n) is 11.1. The lowest BCUT2D eigenvalue weighted by atomic mass is 9.87. The lowest BCUT2D eigenvalue weighted by molar-refractivity contribution is -0.143. The number of amides is 2. The largest absolute Gasteiger partial charge is 0.484 e. The Hall–Kier alpha value is -3.60. The van der Waals surface area contributed by atoms with Gasteiger partial charge in [0.1, 0.15) is 11.8 Å². The van der Waals surface area contributed by atoms with E-state index >= 15 is 0 Å². The molecule has 2 atom stereocenters. The van der Waals surface area contributed by atoms with Gasteiger partial charge in [-0.05, 0) is 54.5 Å². The van der Waals surface area contributed by atoms with E-state index in [0.717, 1.165) is 23.1 Å². The predicted molar refractivity (Wildman–Crippen MR) is 154 cm³/mol. The molecule has 0 saturated heterocycles. The normalized spacial score (nSPS) is 12.9. The first kappa shape index (κ1) is 29.0. The summed E-state index contributed by atoms with van der Waals surface area (Å²) in [6, 6.07) is 25.1. The molecule has 0 fully saturated rings. The molecule has 3 aromatic rings. The minimum atomic E-state index is -0.674. The van der Waals surface area contributed by atoms with Crippen LogP contribution in [0.2, 0.25) is 0 Å². The van der Waals surface area contributed by atoms with Crippen LogP contribution in [0.4, 0.5) is 0 Å². The van der Waals surface area contributed by atoms with E-state index in [1.54, 1.807) is 4.90 Å². The van der Waals surface area contributed by atoms with Crippen molar-refractivity contribution in [2.45, 2.75) is 78.4 Å². The summed E-state index contributed by atoms with van der Waals surface area (Å²) < 4.78 is 5.93. The van der Waals surface area contributed by atoms with Gasteiger partial charge in [0.25, 0.3) is 5.91 Å². The number of rotatable bonds is 11. The molecule has 0 spiro atoms. The van der Waals surface area contributed by atoms with Crippen LogP contribution in [0.15, 0.2) is 78.9 Å². The van der Waals surface area contributed by atoms with Crippen LogP contribution in [0.5, 0.6) is 5.75 Å². The SMILES string of the molecule is CC[C@H](C)NC(=O)[C@@H](Cc1ccccc1)N(Cc1ccc(C)cc1)C(=O)COc1ccc(C(C)(C)C)cc1. The van der Waals surface area contributed by atoms with Crippen LogP contribution in [0, 0.1) is 6.92 Å². The number of carbonyl (C=O) groups excluding carboxylic acids is 2. The van der Waals surface area contributed by atoms with E-state index in [1.807, 2.05) is 99.6 Å². The Morgan fingerprint density at radius 1 is 0.895 bits per heavy atom. The standard InChI is InChI=1S/C33H42N2O3/c1-7-25(3)34-32(37)30(21-26-11-9-8-10-12-26)35(22-27-15-13-24(2)14-16-27)31(36)23-38-29-19-17-28(18-20-29)33(4,5)6/h8-20,25,30H,7,21-23H2,1-6H3,(H,34,37)/t25-,30+/m0/s1. The Kier molecular flexibility index (Phi) is 10.1. The fourth-order valence-electron chi connectivity index (χ4n) is 4.16. The number of hydrogen-bond donors (Lipinski definition) is 1. The van der Waals surface area contributed by atoms with Gasteiger partial charge in [-0.1, -0.05) is 100.0 Å². The molecule has 38 heavy (non-hydrogen) atoms. The maximum absolute atomic E-state index is 13.7. The average molecular weight is 515 g/mol. The smallest absolute Gasteiger partial charge is 0.261 e. The molecule has 0 unspecified atom stereocenters. The molecule has 5 nitrogen and oxygen atoms in total. The molecule has 0 aliphatic carbocycles. The van der Waals surface area contributed by atoms with Crippen molar-refractivity contribution >= 4 is 11.8 Å². The Bertz CT molecular complexity index is 1170. The number of nitrogens with one attached hydrogen (secondary N) is 1. The van der Waals surface area contributed by atoms with E-state index in [0.29, 0.717) is 18.7 Å². The van der Waals surface area contributed by atoms with E-state index in [9.17, 15) is 9.59 Å². The van der Waals surface area contributed by atoms with Crippen LogP contribution in [0.25, 0.3) is 0 Å². The van der Waals surface area contributed by atoms with E-state index < -0.39 is 6.04 Å². The van der Waals surface area contributed by atoms with Crippen LogP contribution < -0.4 is 10.1 Å². The van der Waals surface area contributed by atoms with Gasteiger partial charge in [0, 0.05) is 19.0 Å². The monoisotopic (exact) mass is 514 g/mol. The lowest BCUT2D eigenvalue weighted by Gasteiger charge is -2.32. The van der Waals surface area contributed by atoms with Gasteiger partial charge in [-0.15, -0.1) is 0 Å². The molecule has 3 rings (SSSR count). The Labute approximate surface area is 228 Å². The van der Waals surface area contributed by atoms with Crippen LogP contribution in [-0.2, 0) is 28.0 Å². The maximum Gasteiger partial charge on any atom is 0.261 e. The second kappa shape index (κ2) is 13.3. The second-order valence-corrected chi connectivity index (χ2v) is 11.1. The summed E-state index contributed by atoms with van der Waals surface area (Å²) >= 11 is 0. The van der Waals surface area contributed by atoms with Crippen molar-refractivity contribution in [2.75, 3.05) is 6.61 Å².